The first kappa shape index (κ1) is 24.9. The van der Waals surface area contributed by atoms with Crippen LogP contribution < -0.4 is 20.7 Å². The van der Waals surface area contributed by atoms with E-state index in [4.69, 9.17) is 4.74 Å². The average Bonchev–Trinajstić information content (AvgIpc) is 2.76. The number of amides is 3. The fourth-order valence-electron chi connectivity index (χ4n) is 3.02. The molecule has 0 spiro atoms. The highest BCUT2D eigenvalue weighted by Gasteiger charge is 2.26. The van der Waals surface area contributed by atoms with Gasteiger partial charge < -0.3 is 20.7 Å². The largest absolute Gasteiger partial charge is 0.494 e. The molecule has 0 aliphatic carbocycles. The highest BCUT2D eigenvalue weighted by molar-refractivity contribution is 6.06. The lowest BCUT2D eigenvalue weighted by Gasteiger charge is -2.22. The van der Waals surface area contributed by atoms with Gasteiger partial charge in [0.1, 0.15) is 11.8 Å². The minimum Gasteiger partial charge on any atom is -0.494 e. The smallest absolute Gasteiger partial charge is 0.253 e. The Morgan fingerprint density at radius 3 is 2.16 bits per heavy atom. The van der Waals surface area contributed by atoms with Gasteiger partial charge in [-0.05, 0) is 55.2 Å². The predicted octanol–water partition coefficient (Wildman–Crippen LogP) is 3.86. The van der Waals surface area contributed by atoms with Crippen molar-refractivity contribution in [3.05, 3.63) is 59.7 Å². The summed E-state index contributed by atoms with van der Waals surface area (Å²) < 4.78 is 5.40. The van der Waals surface area contributed by atoms with Gasteiger partial charge in [-0.3, -0.25) is 14.4 Å². The zero-order chi connectivity index (χ0) is 23.7. The zero-order valence-corrected chi connectivity index (χ0v) is 19.4. The van der Waals surface area contributed by atoms with E-state index in [-0.39, 0.29) is 23.6 Å². The maximum atomic E-state index is 13.0. The maximum absolute atomic E-state index is 13.0. The Balaban J connectivity index is 2.12. The molecule has 0 radical (unpaired) electrons. The Hall–Kier alpha value is -3.35. The van der Waals surface area contributed by atoms with Gasteiger partial charge in [-0.1, -0.05) is 39.8 Å². The summed E-state index contributed by atoms with van der Waals surface area (Å²) in [6.45, 7) is 10.7. The topological polar surface area (TPSA) is 96.5 Å². The Labute approximate surface area is 189 Å². The van der Waals surface area contributed by atoms with E-state index in [2.05, 4.69) is 16.0 Å². The first-order valence-electron chi connectivity index (χ1n) is 10.9. The van der Waals surface area contributed by atoms with Gasteiger partial charge in [-0.25, -0.2) is 0 Å². The molecule has 0 aliphatic rings. The molecule has 7 nitrogen and oxygen atoms in total. The molecule has 0 bridgehead atoms. The van der Waals surface area contributed by atoms with Crippen molar-refractivity contribution in [2.24, 2.45) is 11.8 Å². The summed E-state index contributed by atoms with van der Waals surface area (Å²) in [5, 5.41) is 8.47. The quantitative estimate of drug-likeness (QED) is 0.524. The molecule has 0 unspecified atom stereocenters. The lowest BCUT2D eigenvalue weighted by Crippen LogP contribution is -2.47. The normalized spacial score (nSPS) is 11.7. The summed E-state index contributed by atoms with van der Waals surface area (Å²) in [5.41, 5.74) is 1.21. The molecule has 3 N–H and O–H groups in total. The van der Waals surface area contributed by atoms with Crippen LogP contribution in [0.2, 0.25) is 0 Å². The minimum atomic E-state index is -0.777. The van der Waals surface area contributed by atoms with E-state index in [0.29, 0.717) is 41.6 Å². The van der Waals surface area contributed by atoms with Gasteiger partial charge in [0.25, 0.3) is 11.8 Å². The monoisotopic (exact) mass is 439 g/mol. The molecule has 2 aromatic rings. The molecule has 7 heteroatoms. The average molecular weight is 440 g/mol. The summed E-state index contributed by atoms with van der Waals surface area (Å²) in [7, 11) is 0. The highest BCUT2D eigenvalue weighted by atomic mass is 16.5. The van der Waals surface area contributed by atoms with Gasteiger partial charge >= 0.3 is 0 Å². The molecule has 2 rings (SSSR count). The number of hydrogen-bond acceptors (Lipinski definition) is 4. The van der Waals surface area contributed by atoms with E-state index in [1.165, 1.54) is 0 Å². The second-order valence-electron chi connectivity index (χ2n) is 8.29. The third kappa shape index (κ3) is 7.11. The molecule has 172 valence electrons. The lowest BCUT2D eigenvalue weighted by molar-refractivity contribution is -0.118. The molecule has 0 saturated heterocycles. The van der Waals surface area contributed by atoms with Crippen LogP contribution in [0.25, 0.3) is 0 Å². The molecule has 2 aromatic carbocycles. The number of carbonyl (C=O) groups excluding carboxylic acids is 3. The van der Waals surface area contributed by atoms with E-state index < -0.39 is 6.04 Å². The van der Waals surface area contributed by atoms with Crippen LogP contribution in [-0.2, 0) is 4.79 Å². The lowest BCUT2D eigenvalue weighted by atomic mass is 10.0. The Morgan fingerprint density at radius 2 is 1.56 bits per heavy atom. The van der Waals surface area contributed by atoms with Crippen LogP contribution in [0.15, 0.2) is 48.5 Å². The van der Waals surface area contributed by atoms with Crippen LogP contribution in [0.4, 0.5) is 5.69 Å². The van der Waals surface area contributed by atoms with Gasteiger partial charge in [0.05, 0.1) is 17.9 Å². The fraction of sp³-hybridized carbons (Fsp3) is 0.400. The van der Waals surface area contributed by atoms with E-state index in [1.807, 2.05) is 34.6 Å². The van der Waals surface area contributed by atoms with Crippen LogP contribution in [0.1, 0.15) is 55.3 Å². The predicted molar refractivity (Wildman–Crippen MR) is 126 cm³/mol. The summed E-state index contributed by atoms with van der Waals surface area (Å²) >= 11 is 0. The van der Waals surface area contributed by atoms with Crippen molar-refractivity contribution in [3.63, 3.8) is 0 Å². The highest BCUT2D eigenvalue weighted by Crippen LogP contribution is 2.17. The second kappa shape index (κ2) is 11.9. The van der Waals surface area contributed by atoms with E-state index in [1.54, 1.807) is 48.5 Å². The zero-order valence-electron chi connectivity index (χ0n) is 19.4. The first-order valence-corrected chi connectivity index (χ1v) is 10.9. The fourth-order valence-corrected chi connectivity index (χ4v) is 3.02. The number of ether oxygens (including phenoxy) is 1. The summed E-state index contributed by atoms with van der Waals surface area (Å²) in [5.74, 6) is -0.177. The minimum absolute atomic E-state index is 0.163. The molecule has 0 aliphatic heterocycles. The third-order valence-corrected chi connectivity index (χ3v) is 4.76. The van der Waals surface area contributed by atoms with Crippen LogP contribution in [0.5, 0.6) is 5.75 Å². The van der Waals surface area contributed by atoms with Crippen molar-refractivity contribution in [1.82, 2.24) is 10.6 Å². The van der Waals surface area contributed by atoms with E-state index in [9.17, 15) is 14.4 Å². The molecule has 0 heterocycles. The summed E-state index contributed by atoms with van der Waals surface area (Å²) in [6, 6.07) is 12.8. The van der Waals surface area contributed by atoms with Crippen molar-refractivity contribution < 1.29 is 19.1 Å². The van der Waals surface area contributed by atoms with Crippen LogP contribution >= 0.6 is 0 Å². The van der Waals surface area contributed by atoms with Gasteiger partial charge in [0.15, 0.2) is 0 Å². The third-order valence-electron chi connectivity index (χ3n) is 4.76. The van der Waals surface area contributed by atoms with Crippen molar-refractivity contribution in [2.45, 2.75) is 40.7 Å². The molecule has 3 amide bonds. The standard InChI is InChI=1S/C25H33N3O4/c1-6-32-19-13-11-18(12-14-19)23(29)28-22(17(4)5)25(31)27-21-10-8-7-9-20(21)24(30)26-15-16(2)3/h7-14,16-17,22H,6,15H2,1-5H3,(H,26,30)(H,27,31)(H,28,29)/t22-/m0/s1. The molecular formula is C25H33N3O4. The van der Waals surface area contributed by atoms with E-state index in [0.717, 1.165) is 0 Å². The molecule has 0 saturated carbocycles. The number of hydrogen-bond donors (Lipinski definition) is 3. The molecule has 1 atom stereocenters. The molecular weight excluding hydrogens is 406 g/mol. The van der Waals surface area contributed by atoms with Crippen LogP contribution in [0, 0.1) is 11.8 Å². The summed E-state index contributed by atoms with van der Waals surface area (Å²) in [6.07, 6.45) is 0. The van der Waals surface area contributed by atoms with Gasteiger partial charge in [-0.2, -0.15) is 0 Å². The van der Waals surface area contributed by atoms with Gasteiger partial charge in [0, 0.05) is 12.1 Å². The molecule has 32 heavy (non-hydrogen) atoms. The SMILES string of the molecule is CCOc1ccc(C(=O)N[C@H](C(=O)Nc2ccccc2C(=O)NCC(C)C)C(C)C)cc1. The van der Waals surface area contributed by atoms with Gasteiger partial charge in [-0.15, -0.1) is 0 Å². The Morgan fingerprint density at radius 1 is 0.906 bits per heavy atom. The van der Waals surface area contributed by atoms with Crippen molar-refractivity contribution >= 4 is 23.4 Å². The van der Waals surface area contributed by atoms with E-state index >= 15 is 0 Å². The second-order valence-corrected chi connectivity index (χ2v) is 8.29. The number of anilines is 1. The van der Waals surface area contributed by atoms with Crippen LogP contribution in [0.3, 0.4) is 0 Å². The number of benzene rings is 2. The first-order chi connectivity index (χ1) is 15.2. The Bertz CT molecular complexity index is 923. The number of rotatable bonds is 10. The van der Waals surface area contributed by atoms with Crippen LogP contribution in [-0.4, -0.2) is 36.9 Å². The Kier molecular flexibility index (Phi) is 9.25. The van der Waals surface area contributed by atoms with Crippen molar-refractivity contribution in [3.8, 4) is 5.75 Å². The molecule has 0 fully saturated rings. The summed E-state index contributed by atoms with van der Waals surface area (Å²) in [4.78, 5) is 38.3. The van der Waals surface area contributed by atoms with Gasteiger partial charge in [0.2, 0.25) is 5.91 Å². The number of nitrogens with one attached hydrogen (secondary N) is 3. The number of carbonyl (C=O) groups is 3. The van der Waals surface area contributed by atoms with Crippen molar-refractivity contribution in [2.75, 3.05) is 18.5 Å². The van der Waals surface area contributed by atoms with Crippen molar-refractivity contribution in [1.29, 1.82) is 0 Å². The number of para-hydroxylation sites is 1. The maximum Gasteiger partial charge on any atom is 0.253 e. The molecule has 0 aromatic heterocycles.